The lowest BCUT2D eigenvalue weighted by atomic mass is 9.80. The lowest BCUT2D eigenvalue weighted by Gasteiger charge is -2.41. The van der Waals surface area contributed by atoms with Gasteiger partial charge in [-0.3, -0.25) is 33.6 Å². The van der Waals surface area contributed by atoms with Crippen LogP contribution in [-0.4, -0.2) is 255 Å². The number of amides is 6. The highest BCUT2D eigenvalue weighted by Gasteiger charge is 2.56. The molecule has 2 saturated heterocycles. The van der Waals surface area contributed by atoms with Crippen LogP contribution in [0.3, 0.4) is 0 Å². The number of primary amides is 1. The smallest absolute Gasteiger partial charge is 0.409 e. The van der Waals surface area contributed by atoms with Crippen LogP contribution < -0.4 is 26.0 Å². The fraction of sp³-hybridized carbons (Fsp3) is 0.636. The number of urea groups is 1. The molecule has 3 heterocycles. The molecule has 31 heteroatoms. The Bertz CT molecular complexity index is 3360. The molecule has 2 fully saturated rings. The maximum Gasteiger partial charge on any atom is 0.409 e. The Morgan fingerprint density at radius 2 is 1.45 bits per heavy atom. The van der Waals surface area contributed by atoms with Crippen molar-refractivity contribution >= 4 is 92.4 Å². The molecule has 6 amide bonds. The van der Waals surface area contributed by atoms with Gasteiger partial charge in [0, 0.05) is 104 Å². The summed E-state index contributed by atoms with van der Waals surface area (Å²) in [6, 6.07) is 7.35. The number of likely N-dealkylation sites (N-methyl/N-ethyl adjacent to an activating group) is 1. The maximum atomic E-state index is 14.4. The molecule has 29 nitrogen and oxygen atoms in total. The highest BCUT2D eigenvalue weighted by atomic mass is 79.9. The monoisotopic (exact) mass is 1600 g/mol. The fourth-order valence-corrected chi connectivity index (χ4v) is 12.7. The summed E-state index contributed by atoms with van der Waals surface area (Å²) < 4.78 is 68.1. The predicted octanol–water partition coefficient (Wildman–Crippen LogP) is 7.10. The molecule has 0 aliphatic carbocycles. The van der Waals surface area contributed by atoms with Crippen LogP contribution >= 0.6 is 27.5 Å². The molecule has 0 unspecified atom stereocenters. The lowest BCUT2D eigenvalue weighted by molar-refractivity contribution is -0.187. The van der Waals surface area contributed by atoms with Gasteiger partial charge < -0.3 is 93.0 Å². The van der Waals surface area contributed by atoms with Crippen LogP contribution in [0.4, 0.5) is 15.3 Å². The van der Waals surface area contributed by atoms with Gasteiger partial charge in [-0.2, -0.15) is 0 Å². The van der Waals surface area contributed by atoms with E-state index in [9.17, 15) is 53.1 Å². The molecule has 5 rings (SSSR count). The molecular weight excluding hydrogens is 1490 g/mol. The summed E-state index contributed by atoms with van der Waals surface area (Å²) >= 11 is 10.1. The van der Waals surface area contributed by atoms with Crippen molar-refractivity contribution in [2.45, 2.75) is 166 Å². The number of esters is 2. The second-order valence-electron chi connectivity index (χ2n) is 27.6. The van der Waals surface area contributed by atoms with Gasteiger partial charge in [-0.25, -0.2) is 14.4 Å². The van der Waals surface area contributed by atoms with E-state index < -0.39 is 108 Å². The molecule has 0 spiro atoms. The normalized spacial score (nSPS) is 21.0. The summed E-state index contributed by atoms with van der Waals surface area (Å²) in [7, 11) is 7.28. The van der Waals surface area contributed by atoms with Crippen molar-refractivity contribution in [2.75, 3.05) is 138 Å². The molecule has 4 bridgehead atoms. The zero-order valence-corrected chi connectivity index (χ0v) is 66.4. The van der Waals surface area contributed by atoms with Crippen molar-refractivity contribution in [3.8, 4) is 5.75 Å². The first-order chi connectivity index (χ1) is 51.5. The Balaban J connectivity index is 1.05. The quantitative estimate of drug-likeness (QED) is 0.0128. The van der Waals surface area contributed by atoms with Crippen LogP contribution in [0.5, 0.6) is 5.75 Å². The molecule has 2 aromatic carbocycles. The van der Waals surface area contributed by atoms with Gasteiger partial charge in [-0.15, -0.1) is 0 Å². The molecule has 10 atom stereocenters. The molecule has 0 saturated carbocycles. The van der Waals surface area contributed by atoms with Crippen molar-refractivity contribution in [1.82, 2.24) is 20.4 Å². The minimum absolute atomic E-state index is 0.00701. The van der Waals surface area contributed by atoms with Crippen LogP contribution in [0.25, 0.3) is 0 Å². The number of anilines is 1. The number of carbonyl (C=O) groups is 10. The van der Waals surface area contributed by atoms with E-state index >= 15 is 0 Å². The summed E-state index contributed by atoms with van der Waals surface area (Å²) in [5.74, 6) is -4.72. The van der Waals surface area contributed by atoms with Crippen LogP contribution in [0, 0.1) is 17.8 Å². The summed E-state index contributed by atoms with van der Waals surface area (Å²) in [6.45, 7) is 16.6. The lowest BCUT2D eigenvalue weighted by Crippen LogP contribution is -2.53. The number of epoxide rings is 1. The second kappa shape index (κ2) is 47.8. The van der Waals surface area contributed by atoms with Gasteiger partial charge in [0.15, 0.2) is 11.6 Å². The molecule has 0 aromatic heterocycles. The van der Waals surface area contributed by atoms with E-state index in [2.05, 4.69) is 33.1 Å². The molecule has 3 aliphatic heterocycles. The van der Waals surface area contributed by atoms with Crippen molar-refractivity contribution in [2.24, 2.45) is 23.5 Å². The van der Waals surface area contributed by atoms with Crippen LogP contribution in [0.1, 0.15) is 116 Å². The minimum atomic E-state index is -1.65. The number of benzene rings is 2. The number of alkyl halides is 1. The third kappa shape index (κ3) is 31.3. The number of aliphatic hydroxyl groups is 1. The zero-order valence-electron chi connectivity index (χ0n) is 64.1. The van der Waals surface area contributed by atoms with E-state index in [4.69, 9.17) is 74.2 Å². The highest BCUT2D eigenvalue weighted by Crippen LogP contribution is 2.43. The van der Waals surface area contributed by atoms with Crippen LogP contribution in [0.2, 0.25) is 5.02 Å². The third-order valence-corrected chi connectivity index (χ3v) is 19.9. The number of hydrogen-bond donors (Lipinski definition) is 4. The number of nitrogens with two attached hydrogens (primary N) is 1. The average molecular weight is 1610 g/mol. The van der Waals surface area contributed by atoms with Gasteiger partial charge in [0.25, 0.3) is 0 Å². The molecule has 3 aliphatic rings. The Labute approximate surface area is 647 Å². The molecule has 0 radical (unpaired) electrons. The number of ether oxygens (including phenoxy) is 12. The molecular formula is C77H112BrClN6O23. The number of Topliss-reactive ketones (excluding diaryl/α,β-unsaturated/α-hetero) is 3. The van der Waals surface area contributed by atoms with E-state index in [1.54, 1.807) is 55.5 Å². The Kier molecular flexibility index (Phi) is 40.4. The van der Waals surface area contributed by atoms with Crippen molar-refractivity contribution in [1.29, 1.82) is 0 Å². The SMILES string of the molecule is C=C(CBr)C(=O)CCCOCCOCCOCCOCCOCCOCCC(=O)C[C@H](C(=O)N[C@@H](CCCNC(N)=O)C(=O)Cc1ccc(COC(=O)N(C)CCC(=O)N(C)[C@@H](C)C(=O)O[C@@H]2CC(=O)N(C)c3cc(cc(OC)c3Cl)C/C(C)=C/C=C/[C@@H](OC)[C@]3(O)CC(=O)O[C@@H](C3)[C@@H](C)[C@@H]3O[C@H]32)cc1)C(C)C. The van der Waals surface area contributed by atoms with Crippen molar-refractivity contribution in [3.05, 3.63) is 94.1 Å². The van der Waals surface area contributed by atoms with Gasteiger partial charge in [-0.05, 0) is 79.8 Å². The van der Waals surface area contributed by atoms with Gasteiger partial charge >= 0.3 is 24.1 Å². The van der Waals surface area contributed by atoms with E-state index in [1.807, 2.05) is 26.8 Å². The van der Waals surface area contributed by atoms with E-state index in [0.29, 0.717) is 119 Å². The van der Waals surface area contributed by atoms with E-state index in [0.717, 1.165) is 11.1 Å². The Morgan fingerprint density at radius 1 is 0.843 bits per heavy atom. The first kappa shape index (κ1) is 91.4. The number of halogens is 2. The number of carbonyl (C=O) groups excluding carboxylic acids is 10. The summed E-state index contributed by atoms with van der Waals surface area (Å²) in [5, 5.41) is 18.0. The maximum absolute atomic E-state index is 14.4. The van der Waals surface area contributed by atoms with Gasteiger partial charge in [0.05, 0.1) is 110 Å². The molecule has 602 valence electrons. The largest absolute Gasteiger partial charge is 0.495 e. The highest BCUT2D eigenvalue weighted by molar-refractivity contribution is 9.09. The number of nitrogens with zero attached hydrogens (tertiary/aromatic N) is 3. The van der Waals surface area contributed by atoms with Crippen molar-refractivity contribution < 1.29 is 110 Å². The summed E-state index contributed by atoms with van der Waals surface area (Å²) in [6.07, 6.45) is 0.862. The predicted molar refractivity (Wildman–Crippen MR) is 403 cm³/mol. The first-order valence-electron chi connectivity index (χ1n) is 36.6. The molecule has 2 aromatic rings. The molecule has 108 heavy (non-hydrogen) atoms. The first-order valence-corrected chi connectivity index (χ1v) is 38.1. The van der Waals surface area contributed by atoms with E-state index in [-0.39, 0.29) is 113 Å². The standard InChI is InChI=1S/C77H112BrClN6O23/c1-49(2)58(43-57(86)24-28-100-30-32-102-34-36-104-38-37-103-35-33-101-31-29-99-27-14-17-61(87)51(4)47-78)73(92)82-59(16-13-25-81-75(80)94)62(88)41-54-19-21-55(22-20-54)48-105-76(95)83(7)26-23-67(89)84(8)53(6)74(93)107-64-44-68(90)85(9)60-40-56(42-63(97-10)70(60)79)39-50(3)15-12-18-66(98-11)77(96)45-65(106-69(91)46-77)52(5)71-72(64)108-71/h12,15,18-22,40,42,49,52-53,58-59,64-66,71-72,96H,4,13-14,16-17,23-39,41,43-48H2,1-3,5-11H3,(H,82,92)(H3,80,81,94)/b18-12+,50-15+/t52-,53+,58+,59+,64-,65+,66-,71+,72+,77-/m1/s1. The van der Waals surface area contributed by atoms with Gasteiger partial charge in [0.2, 0.25) is 17.7 Å². The molecule has 5 N–H and O–H groups in total. The topological polar surface area (TPSA) is 365 Å². The van der Waals surface area contributed by atoms with Crippen LogP contribution in [-0.2, 0) is 110 Å². The third-order valence-electron chi connectivity index (χ3n) is 18.9. The van der Waals surface area contributed by atoms with Gasteiger partial charge in [-0.1, -0.05) is 103 Å². The number of nitrogens with one attached hydrogen (secondary N) is 2. The number of hydrogen-bond acceptors (Lipinski definition) is 23. The Morgan fingerprint density at radius 3 is 2.05 bits per heavy atom. The van der Waals surface area contributed by atoms with E-state index in [1.165, 1.54) is 57.0 Å². The fourth-order valence-electron chi connectivity index (χ4n) is 12.0. The van der Waals surface area contributed by atoms with Gasteiger partial charge in [0.1, 0.15) is 59.2 Å². The summed E-state index contributed by atoms with van der Waals surface area (Å²) in [4.78, 5) is 136. The zero-order chi connectivity index (χ0) is 79.5. The van der Waals surface area contributed by atoms with Crippen LogP contribution in [0.15, 0.2) is 72.4 Å². The van der Waals surface area contributed by atoms with Crippen molar-refractivity contribution in [3.63, 3.8) is 0 Å². The summed E-state index contributed by atoms with van der Waals surface area (Å²) in [5.41, 5.74) is 7.35. The number of allylic oxidation sites excluding steroid dienone is 4. The average Bonchev–Trinajstić information content (AvgIpc) is 1.59. The number of methoxy groups -OCH3 is 2. The number of fused-ring (bicyclic) bond motifs is 5. The second-order valence-corrected chi connectivity index (χ2v) is 28.5. The Hall–Kier alpha value is -7.23. The minimum Gasteiger partial charge on any atom is -0.495 e. The number of ketones is 3. The number of rotatable bonds is 46.